The number of nitrogens with zero attached hydrogens (tertiary/aromatic N) is 1. The van der Waals surface area contributed by atoms with Gasteiger partial charge in [0.1, 0.15) is 0 Å². The Kier molecular flexibility index (Phi) is 3.97. The maximum atomic E-state index is 11.5. The first kappa shape index (κ1) is 14.8. The second-order valence-electron chi connectivity index (χ2n) is 8.01. The summed E-state index contributed by atoms with van der Waals surface area (Å²) >= 11 is 0. The molecule has 0 aromatic rings. The lowest BCUT2D eigenvalue weighted by atomic mass is 9.69. The highest BCUT2D eigenvalue weighted by Gasteiger charge is 2.42. The smallest absolute Gasteiger partial charge is 0.310 e. The molecule has 1 heterocycles. The van der Waals surface area contributed by atoms with Crippen molar-refractivity contribution in [2.24, 2.45) is 16.7 Å². The molecule has 0 spiro atoms. The van der Waals surface area contributed by atoms with Crippen LogP contribution >= 0.6 is 0 Å². The van der Waals surface area contributed by atoms with E-state index in [1.54, 1.807) is 0 Å². The molecule has 2 aliphatic rings. The van der Waals surface area contributed by atoms with E-state index >= 15 is 0 Å². The third kappa shape index (κ3) is 3.31. The highest BCUT2D eigenvalue weighted by atomic mass is 16.4. The van der Waals surface area contributed by atoms with E-state index in [2.05, 4.69) is 25.7 Å². The normalized spacial score (nSPS) is 40.0. The molecule has 0 amide bonds. The van der Waals surface area contributed by atoms with Gasteiger partial charge in [0, 0.05) is 12.6 Å². The Labute approximate surface area is 117 Å². The number of hydrogen-bond acceptors (Lipinski definition) is 2. The fraction of sp³-hybridized carbons (Fsp3) is 0.938. The molecule has 1 saturated carbocycles. The molecule has 3 nitrogen and oxygen atoms in total. The molecule has 2 fully saturated rings. The van der Waals surface area contributed by atoms with Crippen LogP contribution in [0.2, 0.25) is 0 Å². The molecule has 19 heavy (non-hydrogen) atoms. The van der Waals surface area contributed by atoms with Crippen LogP contribution in [0.4, 0.5) is 0 Å². The van der Waals surface area contributed by atoms with Gasteiger partial charge in [-0.05, 0) is 56.9 Å². The van der Waals surface area contributed by atoms with Gasteiger partial charge in [-0.15, -0.1) is 0 Å². The number of piperidine rings is 1. The molecule has 3 heteroatoms. The number of likely N-dealkylation sites (tertiary alicyclic amines) is 1. The Bertz CT molecular complexity index is 353. The SMILES string of the molecule is CC1CC(N2CCCC(C)(C(=O)O)C2)CC(C)(C)C1. The van der Waals surface area contributed by atoms with Crippen LogP contribution in [0.15, 0.2) is 0 Å². The number of rotatable bonds is 2. The standard InChI is InChI=1S/C16H29NO2/c1-12-8-13(10-15(2,3)9-12)17-7-5-6-16(4,11-17)14(18)19/h12-13H,5-11H2,1-4H3,(H,18,19). The van der Waals surface area contributed by atoms with Gasteiger partial charge in [-0.3, -0.25) is 9.69 Å². The summed E-state index contributed by atoms with van der Waals surface area (Å²) in [5, 5.41) is 9.44. The first-order chi connectivity index (χ1) is 8.72. The number of aliphatic carboxylic acids is 1. The first-order valence-corrected chi connectivity index (χ1v) is 7.69. The predicted molar refractivity (Wildman–Crippen MR) is 77.1 cm³/mol. The summed E-state index contributed by atoms with van der Waals surface area (Å²) in [5.41, 5.74) is -0.136. The largest absolute Gasteiger partial charge is 0.481 e. The first-order valence-electron chi connectivity index (χ1n) is 7.69. The van der Waals surface area contributed by atoms with Crippen molar-refractivity contribution < 1.29 is 9.90 Å². The third-order valence-corrected chi connectivity index (χ3v) is 5.12. The summed E-state index contributed by atoms with van der Waals surface area (Å²) < 4.78 is 0. The molecule has 1 aliphatic carbocycles. The Hall–Kier alpha value is -0.570. The maximum absolute atomic E-state index is 11.5. The van der Waals surface area contributed by atoms with Gasteiger partial charge in [0.2, 0.25) is 0 Å². The summed E-state index contributed by atoms with van der Waals surface area (Å²) in [4.78, 5) is 13.9. The molecule has 0 aromatic carbocycles. The second kappa shape index (κ2) is 5.08. The van der Waals surface area contributed by atoms with Crippen molar-refractivity contribution >= 4 is 5.97 Å². The summed E-state index contributed by atoms with van der Waals surface area (Å²) in [6.45, 7) is 10.8. The molecule has 110 valence electrons. The van der Waals surface area contributed by atoms with E-state index in [4.69, 9.17) is 0 Å². The zero-order chi connectivity index (χ0) is 14.3. The summed E-state index contributed by atoms with van der Waals surface area (Å²) in [6.07, 6.45) is 5.60. The predicted octanol–water partition coefficient (Wildman–Crippen LogP) is 3.39. The van der Waals surface area contributed by atoms with E-state index in [1.165, 1.54) is 19.3 Å². The Morgan fingerprint density at radius 1 is 1.26 bits per heavy atom. The molecule has 1 saturated heterocycles. The lowest BCUT2D eigenvalue weighted by molar-refractivity contribution is -0.152. The van der Waals surface area contributed by atoms with Crippen LogP contribution in [-0.2, 0) is 4.79 Å². The Balaban J connectivity index is 2.07. The van der Waals surface area contributed by atoms with E-state index in [9.17, 15) is 9.90 Å². The van der Waals surface area contributed by atoms with Crippen LogP contribution in [0.5, 0.6) is 0 Å². The topological polar surface area (TPSA) is 40.5 Å². The zero-order valence-electron chi connectivity index (χ0n) is 12.9. The second-order valence-corrected chi connectivity index (χ2v) is 8.01. The van der Waals surface area contributed by atoms with E-state index in [-0.39, 0.29) is 0 Å². The third-order valence-electron chi connectivity index (χ3n) is 5.12. The average Bonchev–Trinajstić information content (AvgIpc) is 2.26. The Morgan fingerprint density at radius 3 is 2.53 bits per heavy atom. The van der Waals surface area contributed by atoms with Gasteiger partial charge in [0.05, 0.1) is 5.41 Å². The lowest BCUT2D eigenvalue weighted by Crippen LogP contribution is -2.52. The lowest BCUT2D eigenvalue weighted by Gasteiger charge is -2.48. The average molecular weight is 267 g/mol. The molecule has 1 N–H and O–H groups in total. The van der Waals surface area contributed by atoms with Gasteiger partial charge in [-0.25, -0.2) is 0 Å². The molecule has 0 aromatic heterocycles. The van der Waals surface area contributed by atoms with Crippen molar-refractivity contribution in [2.45, 2.75) is 65.8 Å². The number of carboxylic acid groups (broad SMARTS) is 1. The summed E-state index contributed by atoms with van der Waals surface area (Å²) in [6, 6.07) is 0.581. The fourth-order valence-corrected chi connectivity index (χ4v) is 4.34. The van der Waals surface area contributed by atoms with Gasteiger partial charge in [-0.2, -0.15) is 0 Å². The quantitative estimate of drug-likeness (QED) is 0.833. The van der Waals surface area contributed by atoms with Crippen LogP contribution in [0.3, 0.4) is 0 Å². The molecule has 3 unspecified atom stereocenters. The van der Waals surface area contributed by atoms with Crippen molar-refractivity contribution in [2.75, 3.05) is 13.1 Å². The molecule has 3 atom stereocenters. The van der Waals surface area contributed by atoms with E-state index in [0.29, 0.717) is 11.5 Å². The van der Waals surface area contributed by atoms with Crippen molar-refractivity contribution in [1.82, 2.24) is 4.90 Å². The monoisotopic (exact) mass is 267 g/mol. The van der Waals surface area contributed by atoms with Gasteiger partial charge in [0.15, 0.2) is 0 Å². The Morgan fingerprint density at radius 2 is 1.95 bits per heavy atom. The molecule has 0 bridgehead atoms. The minimum Gasteiger partial charge on any atom is -0.481 e. The molecular weight excluding hydrogens is 238 g/mol. The fourth-order valence-electron chi connectivity index (χ4n) is 4.34. The minimum atomic E-state index is -0.625. The van der Waals surface area contributed by atoms with Gasteiger partial charge in [0.25, 0.3) is 0 Å². The summed E-state index contributed by atoms with van der Waals surface area (Å²) in [7, 11) is 0. The molecule has 0 radical (unpaired) electrons. The highest BCUT2D eigenvalue weighted by Crippen LogP contribution is 2.42. The van der Waals surface area contributed by atoms with Crippen molar-refractivity contribution in [3.8, 4) is 0 Å². The molecule has 1 aliphatic heterocycles. The maximum Gasteiger partial charge on any atom is 0.310 e. The van der Waals surface area contributed by atoms with E-state index < -0.39 is 11.4 Å². The molecule has 2 rings (SSSR count). The zero-order valence-corrected chi connectivity index (χ0v) is 12.9. The van der Waals surface area contributed by atoms with E-state index in [1.807, 2.05) is 6.92 Å². The van der Waals surface area contributed by atoms with Gasteiger partial charge >= 0.3 is 5.97 Å². The van der Waals surface area contributed by atoms with Crippen LogP contribution in [0.1, 0.15) is 59.8 Å². The van der Waals surface area contributed by atoms with Crippen LogP contribution in [0, 0.1) is 16.7 Å². The number of carboxylic acids is 1. The van der Waals surface area contributed by atoms with Crippen molar-refractivity contribution in [3.63, 3.8) is 0 Å². The summed E-state index contributed by atoms with van der Waals surface area (Å²) in [5.74, 6) is 0.132. The number of hydrogen-bond donors (Lipinski definition) is 1. The highest BCUT2D eigenvalue weighted by molar-refractivity contribution is 5.74. The molecular formula is C16H29NO2. The van der Waals surface area contributed by atoms with Crippen LogP contribution in [-0.4, -0.2) is 35.1 Å². The van der Waals surface area contributed by atoms with E-state index in [0.717, 1.165) is 31.8 Å². The van der Waals surface area contributed by atoms with Gasteiger partial charge < -0.3 is 5.11 Å². The number of carbonyl (C=O) groups is 1. The minimum absolute atomic E-state index is 0.402. The van der Waals surface area contributed by atoms with Crippen LogP contribution < -0.4 is 0 Å². The van der Waals surface area contributed by atoms with Gasteiger partial charge in [-0.1, -0.05) is 20.8 Å². The van der Waals surface area contributed by atoms with Crippen molar-refractivity contribution in [1.29, 1.82) is 0 Å². The van der Waals surface area contributed by atoms with Crippen LogP contribution in [0.25, 0.3) is 0 Å². The van der Waals surface area contributed by atoms with Crippen molar-refractivity contribution in [3.05, 3.63) is 0 Å².